The lowest BCUT2D eigenvalue weighted by Crippen LogP contribution is -2.49. The molecule has 2 aliphatic heterocycles. The van der Waals surface area contributed by atoms with Crippen molar-refractivity contribution in [2.24, 2.45) is 5.92 Å². The molecule has 2 heterocycles. The zero-order valence-corrected chi connectivity index (χ0v) is 26.2. The summed E-state index contributed by atoms with van der Waals surface area (Å²) in [5.74, 6) is 1.26. The molecule has 2 aromatic rings. The van der Waals surface area contributed by atoms with Crippen molar-refractivity contribution in [3.8, 4) is 17.2 Å². The minimum atomic E-state index is -0.393. The molecule has 2 amide bonds. The number of amides is 2. The van der Waals surface area contributed by atoms with Crippen molar-refractivity contribution in [2.75, 3.05) is 45.5 Å². The molecule has 0 unspecified atom stereocenters. The van der Waals surface area contributed by atoms with Gasteiger partial charge in [0.2, 0.25) is 12.7 Å². The van der Waals surface area contributed by atoms with Gasteiger partial charge in [-0.05, 0) is 69.6 Å². The Morgan fingerprint density at radius 3 is 2.61 bits per heavy atom. The van der Waals surface area contributed by atoms with Crippen LogP contribution in [-0.2, 0) is 20.9 Å². The Hall–Kier alpha value is -3.83. The van der Waals surface area contributed by atoms with E-state index < -0.39 is 6.04 Å². The molecule has 4 rings (SSSR count). The summed E-state index contributed by atoms with van der Waals surface area (Å²) in [5, 5.41) is 12.8. The summed E-state index contributed by atoms with van der Waals surface area (Å²) in [4.78, 5) is 41.7. The first-order valence-electron chi connectivity index (χ1n) is 15.4. The summed E-state index contributed by atoms with van der Waals surface area (Å²) in [5.41, 5.74) is 1.92. The lowest BCUT2D eigenvalue weighted by molar-refractivity contribution is -0.143. The van der Waals surface area contributed by atoms with E-state index in [0.717, 1.165) is 23.5 Å². The van der Waals surface area contributed by atoms with Crippen molar-refractivity contribution in [1.82, 2.24) is 9.80 Å². The van der Waals surface area contributed by atoms with Crippen molar-refractivity contribution in [1.29, 1.82) is 0 Å². The summed E-state index contributed by atoms with van der Waals surface area (Å²) in [6, 6.07) is 10.6. The van der Waals surface area contributed by atoms with Gasteiger partial charge in [-0.15, -0.1) is 0 Å². The Morgan fingerprint density at radius 1 is 1.09 bits per heavy atom. The van der Waals surface area contributed by atoms with Crippen molar-refractivity contribution >= 4 is 23.5 Å². The summed E-state index contributed by atoms with van der Waals surface area (Å²) in [7, 11) is 2.02. The highest BCUT2D eigenvalue weighted by molar-refractivity contribution is 5.99. The van der Waals surface area contributed by atoms with E-state index in [9.17, 15) is 19.5 Å². The van der Waals surface area contributed by atoms with E-state index in [4.69, 9.17) is 18.9 Å². The minimum absolute atomic E-state index is 0.0245. The third kappa shape index (κ3) is 8.86. The molecule has 0 fully saturated rings. The topological polar surface area (TPSA) is 127 Å². The van der Waals surface area contributed by atoms with Crippen molar-refractivity contribution < 1.29 is 38.4 Å². The fraction of sp³-hybridized carbons (Fsp3) is 0.545. The second-order valence-electron chi connectivity index (χ2n) is 11.6. The fourth-order valence-corrected chi connectivity index (χ4v) is 5.43. The van der Waals surface area contributed by atoms with E-state index in [2.05, 4.69) is 17.1 Å². The average Bonchev–Trinajstić information content (AvgIpc) is 3.47. The third-order valence-corrected chi connectivity index (χ3v) is 7.92. The first-order chi connectivity index (χ1) is 21.2. The van der Waals surface area contributed by atoms with Gasteiger partial charge >= 0.3 is 5.97 Å². The van der Waals surface area contributed by atoms with Crippen LogP contribution in [0.5, 0.6) is 17.2 Å². The fourth-order valence-electron chi connectivity index (χ4n) is 5.43. The SMILES string of the molecule is CCOC(=O)CCCCCC(=O)Nc1ccc2c(c1)C(=O)N([C@H](C)CO)C[C@@H](C)[C@H](CN(C)Cc1ccc3c(c1)OCO3)O2. The van der Waals surface area contributed by atoms with Gasteiger partial charge in [0.1, 0.15) is 11.9 Å². The first kappa shape index (κ1) is 33.1. The number of anilines is 1. The van der Waals surface area contributed by atoms with Gasteiger partial charge in [0.05, 0.1) is 24.8 Å². The van der Waals surface area contributed by atoms with Crippen LogP contribution < -0.4 is 19.5 Å². The summed E-state index contributed by atoms with van der Waals surface area (Å²) in [6.45, 7) is 7.74. The number of nitrogens with one attached hydrogen (secondary N) is 1. The molecular formula is C33H45N3O8. The largest absolute Gasteiger partial charge is 0.488 e. The molecule has 0 bridgehead atoms. The Kier molecular flexibility index (Phi) is 11.8. The average molecular weight is 612 g/mol. The van der Waals surface area contributed by atoms with E-state index in [1.165, 1.54) is 0 Å². The van der Waals surface area contributed by atoms with Crippen LogP contribution in [0, 0.1) is 5.92 Å². The summed E-state index contributed by atoms with van der Waals surface area (Å²) < 4.78 is 22.4. The van der Waals surface area contributed by atoms with Crippen LogP contribution >= 0.6 is 0 Å². The number of aliphatic hydroxyl groups excluding tert-OH is 1. The van der Waals surface area contributed by atoms with Crippen LogP contribution in [0.15, 0.2) is 36.4 Å². The van der Waals surface area contributed by atoms with E-state index in [1.54, 1.807) is 30.0 Å². The first-order valence-corrected chi connectivity index (χ1v) is 15.4. The van der Waals surface area contributed by atoms with E-state index in [0.29, 0.717) is 68.9 Å². The standard InChI is InChI=1S/C33H45N3O8/c1-5-41-32(39)10-8-6-7-9-31(38)34-25-12-14-27-26(16-25)33(40)36(23(3)20-37)17-22(2)30(44-27)19-35(4)18-24-11-13-28-29(15-24)43-21-42-28/h11-16,22-23,30,37H,5-10,17-21H2,1-4H3,(H,34,38)/t22-,23-,30+/m1/s1. The van der Waals surface area contributed by atoms with E-state index >= 15 is 0 Å². The predicted octanol–water partition coefficient (Wildman–Crippen LogP) is 4.22. The van der Waals surface area contributed by atoms with Gasteiger partial charge in [0, 0.05) is 44.1 Å². The number of esters is 1. The molecule has 0 aliphatic carbocycles. The van der Waals surface area contributed by atoms with E-state index in [-0.39, 0.29) is 43.2 Å². The Balaban J connectivity index is 1.43. The zero-order valence-electron chi connectivity index (χ0n) is 26.2. The van der Waals surface area contributed by atoms with Crippen LogP contribution in [0.4, 0.5) is 5.69 Å². The number of aliphatic hydroxyl groups is 1. The molecule has 0 spiro atoms. The number of likely N-dealkylation sites (N-methyl/N-ethyl adjacent to an activating group) is 1. The van der Waals surface area contributed by atoms with Gasteiger partial charge in [-0.1, -0.05) is 19.4 Å². The molecule has 240 valence electrons. The quantitative estimate of drug-likeness (QED) is 0.239. The monoisotopic (exact) mass is 611 g/mol. The molecular weight excluding hydrogens is 566 g/mol. The van der Waals surface area contributed by atoms with Gasteiger partial charge in [0.25, 0.3) is 5.91 Å². The van der Waals surface area contributed by atoms with Crippen molar-refractivity contribution in [2.45, 2.75) is 71.6 Å². The number of hydrogen-bond acceptors (Lipinski definition) is 9. The molecule has 0 radical (unpaired) electrons. The number of hydrogen-bond donors (Lipinski definition) is 2. The van der Waals surface area contributed by atoms with Gasteiger partial charge < -0.3 is 34.3 Å². The number of unbranched alkanes of at least 4 members (excludes halogenated alkanes) is 2. The highest BCUT2D eigenvalue weighted by Gasteiger charge is 2.33. The maximum absolute atomic E-state index is 13.7. The van der Waals surface area contributed by atoms with Crippen LogP contribution in [-0.4, -0.2) is 85.0 Å². The van der Waals surface area contributed by atoms with Gasteiger partial charge in [-0.25, -0.2) is 0 Å². The molecule has 0 saturated carbocycles. The number of carbonyl (C=O) groups is 3. The van der Waals surface area contributed by atoms with Crippen LogP contribution in [0.2, 0.25) is 0 Å². The van der Waals surface area contributed by atoms with Gasteiger partial charge in [-0.3, -0.25) is 19.3 Å². The number of benzene rings is 2. The molecule has 0 saturated heterocycles. The van der Waals surface area contributed by atoms with Gasteiger partial charge in [0.15, 0.2) is 11.5 Å². The van der Waals surface area contributed by atoms with Crippen molar-refractivity contribution in [3.05, 3.63) is 47.5 Å². The number of fused-ring (bicyclic) bond motifs is 2. The van der Waals surface area contributed by atoms with Crippen LogP contribution in [0.25, 0.3) is 0 Å². The molecule has 2 aliphatic rings. The summed E-state index contributed by atoms with van der Waals surface area (Å²) in [6.07, 6.45) is 2.44. The third-order valence-electron chi connectivity index (χ3n) is 7.92. The highest BCUT2D eigenvalue weighted by atomic mass is 16.7. The zero-order chi connectivity index (χ0) is 31.6. The lowest BCUT2D eigenvalue weighted by Gasteiger charge is -2.38. The smallest absolute Gasteiger partial charge is 0.305 e. The van der Waals surface area contributed by atoms with E-state index in [1.807, 2.05) is 32.2 Å². The van der Waals surface area contributed by atoms with Crippen LogP contribution in [0.1, 0.15) is 68.8 Å². The number of carbonyl (C=O) groups excluding carboxylic acids is 3. The molecule has 44 heavy (non-hydrogen) atoms. The van der Waals surface area contributed by atoms with Gasteiger partial charge in [-0.2, -0.15) is 0 Å². The number of ether oxygens (including phenoxy) is 4. The Morgan fingerprint density at radius 2 is 1.84 bits per heavy atom. The second kappa shape index (κ2) is 15.8. The van der Waals surface area contributed by atoms with Crippen LogP contribution in [0.3, 0.4) is 0 Å². The second-order valence-corrected chi connectivity index (χ2v) is 11.6. The summed E-state index contributed by atoms with van der Waals surface area (Å²) >= 11 is 0. The highest BCUT2D eigenvalue weighted by Crippen LogP contribution is 2.34. The molecule has 0 aromatic heterocycles. The Labute approximate surface area is 259 Å². The minimum Gasteiger partial charge on any atom is -0.488 e. The maximum atomic E-state index is 13.7. The molecule has 11 nitrogen and oxygen atoms in total. The molecule has 2 N–H and O–H groups in total. The molecule has 2 aromatic carbocycles. The number of rotatable bonds is 14. The predicted molar refractivity (Wildman–Crippen MR) is 165 cm³/mol. The molecule has 3 atom stereocenters. The number of nitrogens with zero attached hydrogens (tertiary/aromatic N) is 2. The molecule has 11 heteroatoms. The Bertz CT molecular complexity index is 1300. The lowest BCUT2D eigenvalue weighted by atomic mass is 9.99. The maximum Gasteiger partial charge on any atom is 0.305 e. The van der Waals surface area contributed by atoms with Crippen molar-refractivity contribution in [3.63, 3.8) is 0 Å². The normalized spacial score (nSPS) is 18.2.